The molecule has 8 heteroatoms. The van der Waals surface area contributed by atoms with Crippen LogP contribution in [0.15, 0.2) is 30.5 Å². The van der Waals surface area contributed by atoms with E-state index in [1.807, 2.05) is 6.07 Å². The Hall–Kier alpha value is -1.89. The number of nitrogen functional groups attached to an aromatic ring is 1. The zero-order valence-corrected chi connectivity index (χ0v) is 13.7. The Labute approximate surface area is 143 Å². The van der Waals surface area contributed by atoms with Gasteiger partial charge in [0.25, 0.3) is 0 Å². The molecule has 0 spiro atoms. The second kappa shape index (κ2) is 8.10. The molecule has 0 aliphatic rings. The summed E-state index contributed by atoms with van der Waals surface area (Å²) in [5.74, 6) is -0.0374. The van der Waals surface area contributed by atoms with Gasteiger partial charge in [0.15, 0.2) is 0 Å². The van der Waals surface area contributed by atoms with Gasteiger partial charge in [-0.2, -0.15) is 0 Å². The Morgan fingerprint density at radius 3 is 2.52 bits per heavy atom. The van der Waals surface area contributed by atoms with Crippen LogP contribution < -0.4 is 11.5 Å². The molecular formula is C15H16Cl2N4O2. The molecule has 2 aromatic rings. The van der Waals surface area contributed by atoms with Crippen LogP contribution in [0.3, 0.4) is 0 Å². The highest BCUT2D eigenvalue weighted by molar-refractivity contribution is 6.32. The topological polar surface area (TPSA) is 104 Å². The lowest BCUT2D eigenvalue weighted by Gasteiger charge is -2.12. The minimum Gasteiger partial charge on any atom is -0.460 e. The van der Waals surface area contributed by atoms with Crippen molar-refractivity contribution >= 4 is 35.0 Å². The van der Waals surface area contributed by atoms with Gasteiger partial charge in [0.1, 0.15) is 28.8 Å². The predicted octanol–water partition coefficient (Wildman–Crippen LogP) is 2.37. The van der Waals surface area contributed by atoms with E-state index < -0.39 is 12.0 Å². The third-order valence-electron chi connectivity index (χ3n) is 3.10. The van der Waals surface area contributed by atoms with Crippen LogP contribution in [0.2, 0.25) is 10.3 Å². The molecule has 2 rings (SSSR count). The van der Waals surface area contributed by atoms with Gasteiger partial charge in [0.2, 0.25) is 0 Å². The number of halogens is 2. The van der Waals surface area contributed by atoms with Crippen LogP contribution in [0.4, 0.5) is 5.82 Å². The fraction of sp³-hybridized carbons (Fsp3) is 0.267. The van der Waals surface area contributed by atoms with Crippen LogP contribution >= 0.6 is 23.2 Å². The molecule has 2 aromatic heterocycles. The highest BCUT2D eigenvalue weighted by atomic mass is 35.5. The van der Waals surface area contributed by atoms with E-state index in [1.165, 1.54) is 0 Å². The third-order valence-corrected chi connectivity index (χ3v) is 3.49. The van der Waals surface area contributed by atoms with Crippen LogP contribution in [-0.2, 0) is 22.6 Å². The molecule has 0 saturated heterocycles. The summed E-state index contributed by atoms with van der Waals surface area (Å²) in [6, 6.07) is 5.98. The molecule has 23 heavy (non-hydrogen) atoms. The van der Waals surface area contributed by atoms with Crippen molar-refractivity contribution in [1.82, 2.24) is 9.97 Å². The maximum absolute atomic E-state index is 11.9. The van der Waals surface area contributed by atoms with E-state index in [0.29, 0.717) is 24.2 Å². The van der Waals surface area contributed by atoms with E-state index in [4.69, 9.17) is 39.4 Å². The molecule has 0 aliphatic carbocycles. The molecule has 0 unspecified atom stereocenters. The molecule has 0 bridgehead atoms. The Morgan fingerprint density at radius 1 is 1.22 bits per heavy atom. The van der Waals surface area contributed by atoms with Gasteiger partial charge in [-0.05, 0) is 42.2 Å². The van der Waals surface area contributed by atoms with Gasteiger partial charge < -0.3 is 16.2 Å². The first kappa shape index (κ1) is 17.5. The predicted molar refractivity (Wildman–Crippen MR) is 89.0 cm³/mol. The number of aromatic nitrogens is 2. The van der Waals surface area contributed by atoms with Crippen LogP contribution in [-0.4, -0.2) is 22.0 Å². The number of nitrogens with zero attached hydrogens (tertiary/aromatic N) is 2. The lowest BCUT2D eigenvalue weighted by atomic mass is 10.1. The van der Waals surface area contributed by atoms with Gasteiger partial charge in [-0.25, -0.2) is 9.97 Å². The number of pyridine rings is 2. The molecule has 0 amide bonds. The monoisotopic (exact) mass is 354 g/mol. The van der Waals surface area contributed by atoms with Crippen molar-refractivity contribution in [3.63, 3.8) is 0 Å². The molecule has 1 atom stereocenters. The number of aryl methyl sites for hydroxylation is 1. The summed E-state index contributed by atoms with van der Waals surface area (Å²) in [6.45, 7) is 0.0396. The van der Waals surface area contributed by atoms with Gasteiger partial charge in [0, 0.05) is 6.20 Å². The minimum atomic E-state index is -0.722. The second-order valence-electron chi connectivity index (χ2n) is 4.97. The fourth-order valence-corrected chi connectivity index (χ4v) is 2.39. The Kier molecular flexibility index (Phi) is 6.15. The Bertz CT molecular complexity index is 659. The normalized spacial score (nSPS) is 12.0. The smallest absolute Gasteiger partial charge is 0.323 e. The standard InChI is InChI=1S/C15H16Cl2N4O2/c16-12-5-10(6-13(17)21-12)8-23-15(22)11(18)3-1-9-2-4-14(19)20-7-9/h2,4-7,11H,1,3,8,18H2,(H2,19,20)/t11-/m0/s1. The lowest BCUT2D eigenvalue weighted by Crippen LogP contribution is -2.32. The molecular weight excluding hydrogens is 339 g/mol. The van der Waals surface area contributed by atoms with Gasteiger partial charge in [0.05, 0.1) is 0 Å². The fourth-order valence-electron chi connectivity index (χ4n) is 1.88. The molecule has 0 aliphatic heterocycles. The van der Waals surface area contributed by atoms with Gasteiger partial charge in [-0.3, -0.25) is 4.79 Å². The number of rotatable bonds is 6. The first-order chi connectivity index (χ1) is 10.9. The molecule has 4 N–H and O–H groups in total. The van der Waals surface area contributed by atoms with Crippen LogP contribution in [0.25, 0.3) is 0 Å². The van der Waals surface area contributed by atoms with Gasteiger partial charge >= 0.3 is 5.97 Å². The first-order valence-electron chi connectivity index (χ1n) is 6.88. The number of anilines is 1. The van der Waals surface area contributed by atoms with Gasteiger partial charge in [-0.15, -0.1) is 0 Å². The summed E-state index contributed by atoms with van der Waals surface area (Å²) >= 11 is 11.6. The van der Waals surface area contributed by atoms with Crippen LogP contribution in [0.1, 0.15) is 17.5 Å². The van der Waals surface area contributed by atoms with E-state index in [1.54, 1.807) is 24.4 Å². The molecule has 0 saturated carbocycles. The van der Waals surface area contributed by atoms with Crippen molar-refractivity contribution in [1.29, 1.82) is 0 Å². The number of carbonyl (C=O) groups excluding carboxylic acids is 1. The maximum atomic E-state index is 11.9. The molecule has 6 nitrogen and oxygen atoms in total. The first-order valence-corrected chi connectivity index (χ1v) is 7.64. The highest BCUT2D eigenvalue weighted by Gasteiger charge is 2.15. The summed E-state index contributed by atoms with van der Waals surface area (Å²) < 4.78 is 5.16. The van der Waals surface area contributed by atoms with Crippen molar-refractivity contribution in [2.24, 2.45) is 5.73 Å². The molecule has 2 heterocycles. The average Bonchev–Trinajstić information content (AvgIpc) is 2.51. The van der Waals surface area contributed by atoms with Crippen LogP contribution in [0.5, 0.6) is 0 Å². The summed E-state index contributed by atoms with van der Waals surface area (Å²) in [5.41, 5.74) is 13.0. The Morgan fingerprint density at radius 2 is 1.91 bits per heavy atom. The molecule has 0 fully saturated rings. The lowest BCUT2D eigenvalue weighted by molar-refractivity contribution is -0.146. The SMILES string of the molecule is Nc1ccc(CC[C@H](N)C(=O)OCc2cc(Cl)nc(Cl)c2)cn1. The number of ether oxygens (including phenoxy) is 1. The number of hydrogen-bond donors (Lipinski definition) is 2. The summed E-state index contributed by atoms with van der Waals surface area (Å²) in [7, 11) is 0. The van der Waals surface area contributed by atoms with E-state index in [2.05, 4.69) is 9.97 Å². The van der Waals surface area contributed by atoms with Crippen molar-refractivity contribution < 1.29 is 9.53 Å². The quantitative estimate of drug-likeness (QED) is 0.609. The number of esters is 1. The number of hydrogen-bond acceptors (Lipinski definition) is 6. The van der Waals surface area contributed by atoms with Crippen molar-refractivity contribution in [2.75, 3.05) is 5.73 Å². The number of carbonyl (C=O) groups is 1. The summed E-state index contributed by atoms with van der Waals surface area (Å²) in [4.78, 5) is 19.7. The summed E-state index contributed by atoms with van der Waals surface area (Å²) in [5, 5.41) is 0.479. The van der Waals surface area contributed by atoms with E-state index in [-0.39, 0.29) is 16.9 Å². The zero-order valence-electron chi connectivity index (χ0n) is 12.2. The average molecular weight is 355 g/mol. The Balaban J connectivity index is 1.81. The number of nitrogens with two attached hydrogens (primary N) is 2. The second-order valence-corrected chi connectivity index (χ2v) is 5.74. The molecule has 0 radical (unpaired) electrons. The van der Waals surface area contributed by atoms with Crippen molar-refractivity contribution in [3.05, 3.63) is 51.9 Å². The third kappa shape index (κ3) is 5.67. The van der Waals surface area contributed by atoms with E-state index >= 15 is 0 Å². The van der Waals surface area contributed by atoms with E-state index in [9.17, 15) is 4.79 Å². The molecule has 0 aromatic carbocycles. The van der Waals surface area contributed by atoms with Crippen molar-refractivity contribution in [3.8, 4) is 0 Å². The zero-order chi connectivity index (χ0) is 16.8. The van der Waals surface area contributed by atoms with E-state index in [0.717, 1.165) is 5.56 Å². The maximum Gasteiger partial charge on any atom is 0.323 e. The molecule has 122 valence electrons. The minimum absolute atomic E-state index is 0.0396. The van der Waals surface area contributed by atoms with Crippen molar-refractivity contribution in [2.45, 2.75) is 25.5 Å². The highest BCUT2D eigenvalue weighted by Crippen LogP contribution is 2.15. The van der Waals surface area contributed by atoms with Crippen LogP contribution in [0, 0.1) is 0 Å². The summed E-state index contributed by atoms with van der Waals surface area (Å²) in [6.07, 6.45) is 2.72. The van der Waals surface area contributed by atoms with Gasteiger partial charge in [-0.1, -0.05) is 29.3 Å². The largest absolute Gasteiger partial charge is 0.460 e.